The lowest BCUT2D eigenvalue weighted by Gasteiger charge is -2.18. The lowest BCUT2D eigenvalue weighted by Crippen LogP contribution is -2.30. The molecule has 0 N–H and O–H groups in total. The van der Waals surface area contributed by atoms with Gasteiger partial charge in [0.05, 0.1) is 0 Å². The molecule has 0 heterocycles. The molecular weight excluding hydrogens is 841 g/mol. The number of carbonyl (C=O) groups is 3. The maximum absolute atomic E-state index is 12.9. The second-order valence-electron chi connectivity index (χ2n) is 20.6. The van der Waals surface area contributed by atoms with Crippen molar-refractivity contribution in [3.63, 3.8) is 0 Å². The Morgan fingerprint density at radius 2 is 0.529 bits per heavy atom. The van der Waals surface area contributed by atoms with Gasteiger partial charge in [0.25, 0.3) is 0 Å². The zero-order valence-electron chi connectivity index (χ0n) is 45.9. The van der Waals surface area contributed by atoms with Gasteiger partial charge in [0.15, 0.2) is 6.10 Å². The third kappa shape index (κ3) is 54.8. The lowest BCUT2D eigenvalue weighted by atomic mass is 10.0. The summed E-state index contributed by atoms with van der Waals surface area (Å²) in [5, 5.41) is 0. The molecule has 0 fully saturated rings. The first-order valence-corrected chi connectivity index (χ1v) is 30.3. The molecule has 68 heavy (non-hydrogen) atoms. The van der Waals surface area contributed by atoms with Gasteiger partial charge in [-0.15, -0.1) is 0 Å². The first kappa shape index (κ1) is 65.9. The second kappa shape index (κ2) is 57.5. The molecule has 0 amide bonds. The molecule has 0 saturated carbocycles. The summed E-state index contributed by atoms with van der Waals surface area (Å²) in [5.74, 6) is -0.850. The van der Waals surface area contributed by atoms with Crippen molar-refractivity contribution < 1.29 is 28.6 Å². The van der Waals surface area contributed by atoms with E-state index in [1.165, 1.54) is 225 Å². The highest BCUT2D eigenvalue weighted by molar-refractivity contribution is 5.71. The number of esters is 3. The fourth-order valence-corrected chi connectivity index (χ4v) is 9.12. The number of rotatable bonds is 56. The molecule has 400 valence electrons. The van der Waals surface area contributed by atoms with E-state index < -0.39 is 6.10 Å². The zero-order chi connectivity index (χ0) is 49.3. The molecule has 0 aliphatic heterocycles. The maximum atomic E-state index is 12.9. The van der Waals surface area contributed by atoms with Crippen molar-refractivity contribution >= 4 is 17.9 Å². The smallest absolute Gasteiger partial charge is 0.306 e. The van der Waals surface area contributed by atoms with Crippen molar-refractivity contribution in [3.05, 3.63) is 24.3 Å². The Morgan fingerprint density at radius 3 is 0.824 bits per heavy atom. The van der Waals surface area contributed by atoms with Crippen LogP contribution in [0.25, 0.3) is 0 Å². The van der Waals surface area contributed by atoms with Gasteiger partial charge in [-0.2, -0.15) is 0 Å². The SMILES string of the molecule is CCCCCC/C=C\C/C=C\CCCCCCCCCC(=O)OCC(COC(=O)CCCCCCCCCCCCCCCCCC)OC(=O)CCCCCCCCCCCCCCCCCC. The van der Waals surface area contributed by atoms with Crippen molar-refractivity contribution in [2.45, 2.75) is 341 Å². The lowest BCUT2D eigenvalue weighted by molar-refractivity contribution is -0.167. The van der Waals surface area contributed by atoms with Crippen molar-refractivity contribution in [2.24, 2.45) is 0 Å². The van der Waals surface area contributed by atoms with Gasteiger partial charge in [0.2, 0.25) is 0 Å². The van der Waals surface area contributed by atoms with Crippen LogP contribution in [0.15, 0.2) is 24.3 Å². The molecule has 1 unspecified atom stereocenters. The van der Waals surface area contributed by atoms with Gasteiger partial charge in [0.1, 0.15) is 13.2 Å². The molecule has 0 bridgehead atoms. The monoisotopic (exact) mass is 957 g/mol. The van der Waals surface area contributed by atoms with Crippen molar-refractivity contribution in [3.8, 4) is 0 Å². The van der Waals surface area contributed by atoms with E-state index in [2.05, 4.69) is 45.1 Å². The van der Waals surface area contributed by atoms with Crippen LogP contribution in [0.4, 0.5) is 0 Å². The predicted octanol–water partition coefficient (Wildman–Crippen LogP) is 20.3. The molecule has 6 nitrogen and oxygen atoms in total. The molecule has 0 aliphatic rings. The second-order valence-corrected chi connectivity index (χ2v) is 20.6. The quantitative estimate of drug-likeness (QED) is 0.0262. The van der Waals surface area contributed by atoms with Crippen LogP contribution in [-0.4, -0.2) is 37.2 Å². The van der Waals surface area contributed by atoms with Crippen LogP contribution in [0.3, 0.4) is 0 Å². The Labute approximate surface area is 423 Å². The van der Waals surface area contributed by atoms with Gasteiger partial charge in [-0.3, -0.25) is 14.4 Å². The van der Waals surface area contributed by atoms with Crippen LogP contribution in [0.5, 0.6) is 0 Å². The van der Waals surface area contributed by atoms with E-state index in [-0.39, 0.29) is 31.1 Å². The number of ether oxygens (including phenoxy) is 3. The molecule has 1 atom stereocenters. The van der Waals surface area contributed by atoms with E-state index in [0.717, 1.165) is 70.6 Å². The molecule has 0 aromatic rings. The minimum atomic E-state index is -0.770. The maximum Gasteiger partial charge on any atom is 0.306 e. The summed E-state index contributed by atoms with van der Waals surface area (Å²) in [5.41, 5.74) is 0. The summed E-state index contributed by atoms with van der Waals surface area (Å²) in [6.45, 7) is 6.68. The van der Waals surface area contributed by atoms with Crippen LogP contribution in [0, 0.1) is 0 Å². The Morgan fingerprint density at radius 1 is 0.294 bits per heavy atom. The first-order valence-electron chi connectivity index (χ1n) is 30.3. The van der Waals surface area contributed by atoms with Gasteiger partial charge in [-0.05, 0) is 51.4 Å². The van der Waals surface area contributed by atoms with Crippen LogP contribution in [0.2, 0.25) is 0 Å². The topological polar surface area (TPSA) is 78.9 Å². The molecule has 0 aliphatic carbocycles. The average molecular weight is 958 g/mol. The summed E-state index contributed by atoms with van der Waals surface area (Å²) in [6, 6.07) is 0. The van der Waals surface area contributed by atoms with Crippen molar-refractivity contribution in [1.29, 1.82) is 0 Å². The highest BCUT2D eigenvalue weighted by atomic mass is 16.6. The van der Waals surface area contributed by atoms with E-state index in [1.807, 2.05) is 0 Å². The summed E-state index contributed by atoms with van der Waals surface area (Å²) in [4.78, 5) is 38.2. The fraction of sp³-hybridized carbons (Fsp3) is 0.887. The zero-order valence-corrected chi connectivity index (χ0v) is 45.9. The number of carbonyl (C=O) groups excluding carboxylic acids is 3. The summed E-state index contributed by atoms with van der Waals surface area (Å²) in [7, 11) is 0. The highest BCUT2D eigenvalue weighted by Crippen LogP contribution is 2.17. The third-order valence-electron chi connectivity index (χ3n) is 13.7. The summed E-state index contributed by atoms with van der Waals surface area (Å²) >= 11 is 0. The summed E-state index contributed by atoms with van der Waals surface area (Å²) in [6.07, 6.45) is 67.4. The Hall–Kier alpha value is -2.11. The van der Waals surface area contributed by atoms with Gasteiger partial charge in [-0.25, -0.2) is 0 Å². The van der Waals surface area contributed by atoms with Crippen LogP contribution in [0.1, 0.15) is 335 Å². The number of hydrogen-bond donors (Lipinski definition) is 0. The van der Waals surface area contributed by atoms with Gasteiger partial charge in [-0.1, -0.05) is 289 Å². The number of allylic oxidation sites excluding steroid dienone is 4. The van der Waals surface area contributed by atoms with E-state index in [1.54, 1.807) is 0 Å². The molecule has 0 saturated heterocycles. The van der Waals surface area contributed by atoms with Crippen LogP contribution >= 0.6 is 0 Å². The number of unbranched alkanes of at least 4 members (excludes halogenated alkanes) is 41. The normalized spacial score (nSPS) is 12.1. The third-order valence-corrected chi connectivity index (χ3v) is 13.7. The first-order chi connectivity index (χ1) is 33.5. The Balaban J connectivity index is 4.33. The molecule has 0 aromatic carbocycles. The van der Waals surface area contributed by atoms with E-state index in [9.17, 15) is 14.4 Å². The van der Waals surface area contributed by atoms with Crippen molar-refractivity contribution in [1.82, 2.24) is 0 Å². The van der Waals surface area contributed by atoms with Gasteiger partial charge in [0, 0.05) is 19.3 Å². The van der Waals surface area contributed by atoms with Gasteiger partial charge >= 0.3 is 17.9 Å². The van der Waals surface area contributed by atoms with Crippen LogP contribution < -0.4 is 0 Å². The van der Waals surface area contributed by atoms with Crippen LogP contribution in [-0.2, 0) is 28.6 Å². The predicted molar refractivity (Wildman–Crippen MR) is 293 cm³/mol. The highest BCUT2D eigenvalue weighted by Gasteiger charge is 2.19. The van der Waals surface area contributed by atoms with Gasteiger partial charge < -0.3 is 14.2 Å². The standard InChI is InChI=1S/C62H116O6/c1-4-7-10-13-16-19-22-25-28-31-32-35-37-40-43-46-49-52-55-61(64)67-58-59(68-62(65)56-53-50-47-44-41-38-34-30-27-24-21-18-15-12-9-6-3)57-66-60(63)54-51-48-45-42-39-36-33-29-26-23-20-17-14-11-8-5-2/h19,22,28,31,59H,4-18,20-21,23-27,29-30,32-58H2,1-3H3/b22-19-,31-28-. The molecular formula is C62H116O6. The van der Waals surface area contributed by atoms with E-state index in [4.69, 9.17) is 14.2 Å². The molecule has 0 rings (SSSR count). The average Bonchev–Trinajstić information content (AvgIpc) is 3.34. The van der Waals surface area contributed by atoms with E-state index >= 15 is 0 Å². The minimum absolute atomic E-state index is 0.0678. The van der Waals surface area contributed by atoms with E-state index in [0.29, 0.717) is 19.3 Å². The Bertz CT molecular complexity index is 1100. The Kier molecular flexibility index (Phi) is 55.7. The fourth-order valence-electron chi connectivity index (χ4n) is 9.12. The molecule has 0 aromatic heterocycles. The molecule has 6 heteroatoms. The molecule has 0 radical (unpaired) electrons. The summed E-state index contributed by atoms with van der Waals surface area (Å²) < 4.78 is 16.9. The number of hydrogen-bond acceptors (Lipinski definition) is 6. The minimum Gasteiger partial charge on any atom is -0.462 e. The molecule has 0 spiro atoms. The largest absolute Gasteiger partial charge is 0.462 e. The van der Waals surface area contributed by atoms with Crippen molar-refractivity contribution in [2.75, 3.05) is 13.2 Å².